The molecule has 0 spiro atoms. The summed E-state index contributed by atoms with van der Waals surface area (Å²) in [5.41, 5.74) is 1.16. The zero-order valence-corrected chi connectivity index (χ0v) is 12.1. The number of benzene rings is 1. The van der Waals surface area contributed by atoms with E-state index in [0.29, 0.717) is 6.61 Å². The second-order valence-electron chi connectivity index (χ2n) is 4.74. The Morgan fingerprint density at radius 2 is 1.72 bits per heavy atom. The molecule has 1 N–H and O–H groups in total. The predicted molar refractivity (Wildman–Crippen MR) is 73.3 cm³/mol. The third-order valence-electron chi connectivity index (χ3n) is 2.51. The fourth-order valence-corrected chi connectivity index (χ4v) is 2.21. The van der Waals surface area contributed by atoms with Crippen LogP contribution in [0.4, 0.5) is 0 Å². The van der Waals surface area contributed by atoms with Gasteiger partial charge in [-0.25, -0.2) is 13.1 Å². The Hall–Kier alpha value is -1.07. The van der Waals surface area contributed by atoms with E-state index in [0.717, 1.165) is 11.3 Å². The molecule has 0 saturated heterocycles. The van der Waals surface area contributed by atoms with E-state index in [1.807, 2.05) is 31.2 Å². The number of aryl methyl sites for hydroxylation is 1. The monoisotopic (exact) mass is 271 g/mol. The molecular formula is C13H21NO3S. The highest BCUT2D eigenvalue weighted by molar-refractivity contribution is 7.90. The van der Waals surface area contributed by atoms with Gasteiger partial charge in [-0.1, -0.05) is 17.7 Å². The van der Waals surface area contributed by atoms with Gasteiger partial charge in [-0.3, -0.25) is 0 Å². The van der Waals surface area contributed by atoms with Gasteiger partial charge in [0, 0.05) is 0 Å². The lowest BCUT2D eigenvalue weighted by molar-refractivity contribution is 0.287. The largest absolute Gasteiger partial charge is 0.492 e. The third-order valence-corrected chi connectivity index (χ3v) is 4.48. The van der Waals surface area contributed by atoms with Crippen molar-refractivity contribution >= 4 is 10.0 Å². The maximum Gasteiger partial charge on any atom is 0.214 e. The predicted octanol–water partition coefficient (Wildman–Crippen LogP) is 2.09. The first-order chi connectivity index (χ1) is 8.31. The Balaban J connectivity index is 2.47. The first-order valence-corrected chi connectivity index (χ1v) is 7.56. The second kappa shape index (κ2) is 6.20. The van der Waals surface area contributed by atoms with E-state index in [1.54, 1.807) is 20.8 Å². The Kier molecular flexibility index (Phi) is 5.16. The number of hydrogen-bond donors (Lipinski definition) is 1. The molecule has 1 atom stereocenters. The van der Waals surface area contributed by atoms with E-state index in [1.165, 1.54) is 0 Å². The molecule has 0 aliphatic heterocycles. The van der Waals surface area contributed by atoms with Crippen LogP contribution in [0.3, 0.4) is 0 Å². The minimum absolute atomic E-state index is 0.251. The molecule has 4 nitrogen and oxygen atoms in total. The number of rotatable bonds is 6. The number of nitrogens with one attached hydrogen (secondary N) is 1. The molecule has 1 unspecified atom stereocenters. The summed E-state index contributed by atoms with van der Waals surface area (Å²) in [4.78, 5) is 0. The number of sulfonamides is 1. The highest BCUT2D eigenvalue weighted by atomic mass is 32.2. The SMILES string of the molecule is Cc1ccc(OCC(C)NS(=O)(=O)C(C)C)cc1. The fourth-order valence-electron chi connectivity index (χ4n) is 1.31. The highest BCUT2D eigenvalue weighted by Gasteiger charge is 2.18. The van der Waals surface area contributed by atoms with Crippen LogP contribution in [-0.4, -0.2) is 26.3 Å². The van der Waals surface area contributed by atoms with Crippen molar-refractivity contribution in [1.29, 1.82) is 0 Å². The lowest BCUT2D eigenvalue weighted by Crippen LogP contribution is -2.40. The van der Waals surface area contributed by atoms with Crippen LogP contribution in [0.2, 0.25) is 0 Å². The summed E-state index contributed by atoms with van der Waals surface area (Å²) < 4.78 is 31.4. The van der Waals surface area contributed by atoms with Crippen LogP contribution in [0.15, 0.2) is 24.3 Å². The quantitative estimate of drug-likeness (QED) is 0.862. The minimum atomic E-state index is -3.24. The third kappa shape index (κ3) is 4.66. The van der Waals surface area contributed by atoms with Gasteiger partial charge < -0.3 is 4.74 Å². The van der Waals surface area contributed by atoms with Crippen molar-refractivity contribution in [3.05, 3.63) is 29.8 Å². The standard InChI is InChI=1S/C13H21NO3S/c1-10(2)18(15,16)14-12(4)9-17-13-7-5-11(3)6-8-13/h5-8,10,12,14H,9H2,1-4H3. The molecule has 0 radical (unpaired) electrons. The van der Waals surface area contributed by atoms with E-state index < -0.39 is 15.3 Å². The molecule has 1 aromatic carbocycles. The van der Waals surface area contributed by atoms with Crippen molar-refractivity contribution in [3.8, 4) is 5.75 Å². The van der Waals surface area contributed by atoms with Gasteiger partial charge in [0.15, 0.2) is 0 Å². The van der Waals surface area contributed by atoms with E-state index in [-0.39, 0.29) is 6.04 Å². The van der Waals surface area contributed by atoms with Crippen LogP contribution < -0.4 is 9.46 Å². The molecule has 0 fully saturated rings. The Bertz CT molecular complexity index is 466. The van der Waals surface area contributed by atoms with Gasteiger partial charge in [0.1, 0.15) is 12.4 Å². The summed E-state index contributed by atoms with van der Waals surface area (Å²) in [6.07, 6.45) is 0. The summed E-state index contributed by atoms with van der Waals surface area (Å²) in [7, 11) is -3.24. The molecule has 18 heavy (non-hydrogen) atoms. The molecule has 1 rings (SSSR count). The molecule has 0 saturated carbocycles. The van der Waals surface area contributed by atoms with Gasteiger partial charge >= 0.3 is 0 Å². The summed E-state index contributed by atoms with van der Waals surface area (Å²) >= 11 is 0. The average molecular weight is 271 g/mol. The topological polar surface area (TPSA) is 55.4 Å². The molecule has 0 heterocycles. The summed E-state index contributed by atoms with van der Waals surface area (Å²) in [5, 5.41) is -0.431. The van der Waals surface area contributed by atoms with Crippen molar-refractivity contribution in [2.24, 2.45) is 0 Å². The molecule has 102 valence electrons. The maximum atomic E-state index is 11.6. The van der Waals surface area contributed by atoms with Crippen molar-refractivity contribution in [2.75, 3.05) is 6.61 Å². The summed E-state index contributed by atoms with van der Waals surface area (Å²) in [6, 6.07) is 7.41. The number of ether oxygens (including phenoxy) is 1. The van der Waals surface area contributed by atoms with E-state index in [9.17, 15) is 8.42 Å². The summed E-state index contributed by atoms with van der Waals surface area (Å²) in [6.45, 7) is 7.40. The Morgan fingerprint density at radius 1 is 1.17 bits per heavy atom. The molecule has 5 heteroatoms. The first kappa shape index (κ1) is 15.0. The van der Waals surface area contributed by atoms with Crippen LogP contribution in [0, 0.1) is 6.92 Å². The normalized spacial score (nSPS) is 13.6. The molecule has 0 aliphatic rings. The molecule has 0 aromatic heterocycles. The van der Waals surface area contributed by atoms with Crippen LogP contribution in [0.5, 0.6) is 5.75 Å². The van der Waals surface area contributed by atoms with E-state index in [4.69, 9.17) is 4.74 Å². The van der Waals surface area contributed by atoms with Gasteiger partial charge in [-0.15, -0.1) is 0 Å². The molecule has 1 aromatic rings. The lowest BCUT2D eigenvalue weighted by atomic mass is 10.2. The van der Waals surface area contributed by atoms with Gasteiger partial charge in [0.2, 0.25) is 10.0 Å². The number of hydrogen-bond acceptors (Lipinski definition) is 3. The van der Waals surface area contributed by atoms with Crippen molar-refractivity contribution < 1.29 is 13.2 Å². The summed E-state index contributed by atoms with van der Waals surface area (Å²) in [5.74, 6) is 0.746. The zero-order chi connectivity index (χ0) is 13.8. The highest BCUT2D eigenvalue weighted by Crippen LogP contribution is 2.11. The molecular weight excluding hydrogens is 250 g/mol. The second-order valence-corrected chi connectivity index (χ2v) is 7.01. The van der Waals surface area contributed by atoms with Gasteiger partial charge in [0.05, 0.1) is 11.3 Å². The van der Waals surface area contributed by atoms with Crippen molar-refractivity contribution in [2.45, 2.75) is 39.0 Å². The Morgan fingerprint density at radius 3 is 2.22 bits per heavy atom. The van der Waals surface area contributed by atoms with Crippen molar-refractivity contribution in [1.82, 2.24) is 4.72 Å². The van der Waals surface area contributed by atoms with E-state index >= 15 is 0 Å². The zero-order valence-electron chi connectivity index (χ0n) is 11.3. The van der Waals surface area contributed by atoms with Crippen LogP contribution in [-0.2, 0) is 10.0 Å². The molecule has 0 amide bonds. The smallest absolute Gasteiger partial charge is 0.214 e. The van der Waals surface area contributed by atoms with Crippen LogP contribution in [0.25, 0.3) is 0 Å². The first-order valence-electron chi connectivity index (χ1n) is 6.02. The van der Waals surface area contributed by atoms with Crippen molar-refractivity contribution in [3.63, 3.8) is 0 Å². The maximum absolute atomic E-state index is 11.6. The fraction of sp³-hybridized carbons (Fsp3) is 0.538. The Labute approximate surface area is 109 Å². The molecule has 0 bridgehead atoms. The van der Waals surface area contributed by atoms with Crippen LogP contribution in [0.1, 0.15) is 26.3 Å². The lowest BCUT2D eigenvalue weighted by Gasteiger charge is -2.17. The van der Waals surface area contributed by atoms with E-state index in [2.05, 4.69) is 4.72 Å². The average Bonchev–Trinajstić information content (AvgIpc) is 2.27. The minimum Gasteiger partial charge on any atom is -0.492 e. The molecule has 0 aliphatic carbocycles. The van der Waals surface area contributed by atoms with Crippen LogP contribution >= 0.6 is 0 Å². The van der Waals surface area contributed by atoms with Gasteiger partial charge in [-0.2, -0.15) is 0 Å². The van der Waals surface area contributed by atoms with Gasteiger partial charge in [0.25, 0.3) is 0 Å². The van der Waals surface area contributed by atoms with Gasteiger partial charge in [-0.05, 0) is 39.8 Å².